The smallest absolute Gasteiger partial charge is 0.182 e. The molecule has 0 radical (unpaired) electrons. The molecule has 0 aliphatic heterocycles. The molecule has 0 spiro atoms. The SMILES string of the molecule is Cc1cc(F)ccc1-n1c(=S)[nH]c2cc(Br)ccc21. The van der Waals surface area contributed by atoms with Crippen molar-refractivity contribution >= 4 is 39.2 Å². The molecule has 0 bridgehead atoms. The fourth-order valence-corrected chi connectivity index (χ4v) is 2.86. The lowest BCUT2D eigenvalue weighted by Gasteiger charge is -2.08. The first-order valence-corrected chi connectivity index (χ1v) is 6.93. The summed E-state index contributed by atoms with van der Waals surface area (Å²) in [6.45, 7) is 1.87. The van der Waals surface area contributed by atoms with Gasteiger partial charge in [0.2, 0.25) is 0 Å². The Bertz CT molecular complexity index is 835. The molecule has 3 aromatic rings. The molecule has 1 N–H and O–H groups in total. The van der Waals surface area contributed by atoms with Crippen molar-refractivity contribution in [3.05, 3.63) is 57.0 Å². The Kier molecular flexibility index (Phi) is 3.03. The number of nitrogens with one attached hydrogen (secondary N) is 1. The Balaban J connectivity index is 2.36. The normalized spacial score (nSPS) is 11.1. The molecule has 0 saturated heterocycles. The van der Waals surface area contributed by atoms with Crippen LogP contribution in [0.3, 0.4) is 0 Å². The number of hydrogen-bond donors (Lipinski definition) is 1. The molecule has 3 rings (SSSR count). The number of benzene rings is 2. The quantitative estimate of drug-likeness (QED) is 0.627. The van der Waals surface area contributed by atoms with E-state index in [2.05, 4.69) is 20.9 Å². The minimum atomic E-state index is -0.240. The largest absolute Gasteiger partial charge is 0.330 e. The van der Waals surface area contributed by atoms with Gasteiger partial charge in [-0.15, -0.1) is 0 Å². The van der Waals surface area contributed by atoms with E-state index in [1.54, 1.807) is 6.07 Å². The van der Waals surface area contributed by atoms with Gasteiger partial charge in [0.15, 0.2) is 4.77 Å². The van der Waals surface area contributed by atoms with Crippen LogP contribution < -0.4 is 0 Å². The number of hydrogen-bond acceptors (Lipinski definition) is 1. The molecule has 1 aromatic heterocycles. The van der Waals surface area contributed by atoms with Crippen LogP contribution in [0.1, 0.15) is 5.56 Å². The maximum atomic E-state index is 13.2. The van der Waals surface area contributed by atoms with Crippen LogP contribution in [-0.4, -0.2) is 9.55 Å². The monoisotopic (exact) mass is 336 g/mol. The van der Waals surface area contributed by atoms with Gasteiger partial charge >= 0.3 is 0 Å². The number of rotatable bonds is 1. The Morgan fingerprint density at radius 3 is 2.74 bits per heavy atom. The first-order valence-electron chi connectivity index (χ1n) is 5.73. The van der Waals surface area contributed by atoms with Gasteiger partial charge in [-0.3, -0.25) is 4.57 Å². The second-order valence-corrected chi connectivity index (χ2v) is 5.66. The highest BCUT2D eigenvalue weighted by atomic mass is 79.9. The molecule has 0 amide bonds. The number of fused-ring (bicyclic) bond motifs is 1. The van der Waals surface area contributed by atoms with E-state index < -0.39 is 0 Å². The van der Waals surface area contributed by atoms with Gasteiger partial charge in [0.1, 0.15) is 5.82 Å². The molecule has 0 unspecified atom stereocenters. The Morgan fingerprint density at radius 1 is 1.21 bits per heavy atom. The summed E-state index contributed by atoms with van der Waals surface area (Å²) in [7, 11) is 0. The van der Waals surface area contributed by atoms with Gasteiger partial charge in [-0.25, -0.2) is 4.39 Å². The van der Waals surface area contributed by atoms with E-state index in [0.29, 0.717) is 4.77 Å². The van der Waals surface area contributed by atoms with Crippen LogP contribution in [0.25, 0.3) is 16.7 Å². The average molecular weight is 337 g/mol. The highest BCUT2D eigenvalue weighted by molar-refractivity contribution is 9.10. The summed E-state index contributed by atoms with van der Waals surface area (Å²) in [4.78, 5) is 3.16. The van der Waals surface area contributed by atoms with Crippen LogP contribution in [0.2, 0.25) is 0 Å². The lowest BCUT2D eigenvalue weighted by Crippen LogP contribution is -1.97. The highest BCUT2D eigenvalue weighted by Crippen LogP contribution is 2.24. The molecule has 0 aliphatic carbocycles. The molecule has 19 heavy (non-hydrogen) atoms. The number of aryl methyl sites for hydroxylation is 1. The number of imidazole rings is 1. The van der Waals surface area contributed by atoms with E-state index >= 15 is 0 Å². The maximum Gasteiger partial charge on any atom is 0.182 e. The van der Waals surface area contributed by atoms with E-state index in [1.165, 1.54) is 12.1 Å². The number of H-pyrrole nitrogens is 1. The third-order valence-corrected chi connectivity index (χ3v) is 3.82. The van der Waals surface area contributed by atoms with Crippen molar-refractivity contribution in [2.75, 3.05) is 0 Å². The van der Waals surface area contributed by atoms with Gasteiger partial charge in [0, 0.05) is 4.47 Å². The summed E-state index contributed by atoms with van der Waals surface area (Å²) in [6, 6.07) is 10.6. The van der Waals surface area contributed by atoms with E-state index in [0.717, 1.165) is 26.8 Å². The predicted molar refractivity (Wildman–Crippen MR) is 80.9 cm³/mol. The second-order valence-electron chi connectivity index (χ2n) is 4.36. The molecule has 0 saturated carbocycles. The number of halogens is 2. The molecule has 1 heterocycles. The minimum Gasteiger partial charge on any atom is -0.330 e. The van der Waals surface area contributed by atoms with Crippen molar-refractivity contribution in [1.82, 2.24) is 9.55 Å². The molecule has 0 atom stereocenters. The van der Waals surface area contributed by atoms with Gasteiger partial charge < -0.3 is 4.98 Å². The molecule has 5 heteroatoms. The molecule has 0 aliphatic rings. The average Bonchev–Trinajstić information content (AvgIpc) is 2.65. The zero-order chi connectivity index (χ0) is 13.6. The van der Waals surface area contributed by atoms with Crippen molar-refractivity contribution in [3.8, 4) is 5.69 Å². The van der Waals surface area contributed by atoms with Crippen molar-refractivity contribution in [2.24, 2.45) is 0 Å². The number of aromatic nitrogens is 2. The first-order chi connectivity index (χ1) is 9.06. The number of aromatic amines is 1. The van der Waals surface area contributed by atoms with Crippen molar-refractivity contribution < 1.29 is 4.39 Å². The van der Waals surface area contributed by atoms with Crippen LogP contribution in [0.15, 0.2) is 40.9 Å². The fraction of sp³-hybridized carbons (Fsp3) is 0.0714. The van der Waals surface area contributed by atoms with Gasteiger partial charge in [0.25, 0.3) is 0 Å². The van der Waals surface area contributed by atoms with Crippen LogP contribution in [-0.2, 0) is 0 Å². The molecular weight excluding hydrogens is 327 g/mol. The Morgan fingerprint density at radius 2 is 2.00 bits per heavy atom. The first kappa shape index (κ1) is 12.6. The van der Waals surface area contributed by atoms with Crippen LogP contribution in [0.5, 0.6) is 0 Å². The van der Waals surface area contributed by atoms with Crippen LogP contribution in [0.4, 0.5) is 4.39 Å². The Labute approximate surface area is 123 Å². The van der Waals surface area contributed by atoms with Crippen molar-refractivity contribution in [1.29, 1.82) is 0 Å². The predicted octanol–water partition coefficient (Wildman–Crippen LogP) is 4.90. The lowest BCUT2D eigenvalue weighted by atomic mass is 10.2. The van der Waals surface area contributed by atoms with Crippen LogP contribution >= 0.6 is 28.1 Å². The molecule has 96 valence electrons. The van der Waals surface area contributed by atoms with Crippen molar-refractivity contribution in [2.45, 2.75) is 6.92 Å². The van der Waals surface area contributed by atoms with E-state index in [1.807, 2.05) is 29.7 Å². The van der Waals surface area contributed by atoms with E-state index in [9.17, 15) is 4.39 Å². The van der Waals surface area contributed by atoms with Crippen LogP contribution in [0, 0.1) is 17.5 Å². The fourth-order valence-electron chi connectivity index (χ4n) is 2.19. The summed E-state index contributed by atoms with van der Waals surface area (Å²) in [6.07, 6.45) is 0. The summed E-state index contributed by atoms with van der Waals surface area (Å²) in [5.41, 5.74) is 3.66. The van der Waals surface area contributed by atoms with E-state index in [4.69, 9.17) is 12.2 Å². The summed E-state index contributed by atoms with van der Waals surface area (Å²) >= 11 is 8.80. The number of nitrogens with zero attached hydrogens (tertiary/aromatic N) is 1. The molecule has 2 nitrogen and oxygen atoms in total. The van der Waals surface area contributed by atoms with E-state index in [-0.39, 0.29) is 5.82 Å². The molecular formula is C14H10BrFN2S. The lowest BCUT2D eigenvalue weighted by molar-refractivity contribution is 0.626. The second kappa shape index (κ2) is 4.58. The van der Waals surface area contributed by atoms with Crippen molar-refractivity contribution in [3.63, 3.8) is 0 Å². The summed E-state index contributed by atoms with van der Waals surface area (Å²) in [5, 5.41) is 0. The zero-order valence-electron chi connectivity index (χ0n) is 10.1. The molecule has 2 aromatic carbocycles. The maximum absolute atomic E-state index is 13.2. The standard InChI is InChI=1S/C14H10BrFN2S/c1-8-6-10(16)3-5-12(8)18-13-4-2-9(15)7-11(13)17-14(18)19/h2-7H,1H3,(H,17,19). The molecule has 0 fully saturated rings. The van der Waals surface area contributed by atoms with Gasteiger partial charge in [-0.1, -0.05) is 15.9 Å². The summed E-state index contributed by atoms with van der Waals surface area (Å²) < 4.78 is 16.7. The zero-order valence-corrected chi connectivity index (χ0v) is 12.5. The third-order valence-electron chi connectivity index (χ3n) is 3.04. The summed E-state index contributed by atoms with van der Waals surface area (Å²) in [5.74, 6) is -0.240. The minimum absolute atomic E-state index is 0.240. The topological polar surface area (TPSA) is 20.7 Å². The van der Waals surface area contributed by atoms with Gasteiger partial charge in [-0.05, 0) is 61.1 Å². The Hall–Kier alpha value is -1.46. The highest BCUT2D eigenvalue weighted by Gasteiger charge is 2.09. The van der Waals surface area contributed by atoms with Gasteiger partial charge in [0.05, 0.1) is 16.7 Å². The van der Waals surface area contributed by atoms with Gasteiger partial charge in [-0.2, -0.15) is 0 Å². The third kappa shape index (κ3) is 2.13.